The number of carbonyl (C=O) groups is 1. The zero-order valence-corrected chi connectivity index (χ0v) is 22.6. The molecule has 1 aromatic heterocycles. The van der Waals surface area contributed by atoms with Crippen molar-refractivity contribution in [2.45, 2.75) is 25.9 Å². The molecular weight excluding hydrogens is 526 g/mol. The van der Waals surface area contributed by atoms with Crippen molar-refractivity contribution in [1.29, 1.82) is 0 Å². The van der Waals surface area contributed by atoms with E-state index in [4.69, 9.17) is 14.2 Å². The fourth-order valence-corrected chi connectivity index (χ4v) is 4.50. The fourth-order valence-electron chi connectivity index (χ4n) is 4.50. The number of hydrogen-bond donors (Lipinski definition) is 1. The molecule has 1 amide bonds. The van der Waals surface area contributed by atoms with E-state index < -0.39 is 11.7 Å². The molecule has 1 heterocycles. The van der Waals surface area contributed by atoms with Crippen molar-refractivity contribution in [3.05, 3.63) is 120 Å². The third-order valence-corrected chi connectivity index (χ3v) is 6.64. The summed E-state index contributed by atoms with van der Waals surface area (Å²) in [7, 11) is 1.54. The van der Waals surface area contributed by atoms with Crippen LogP contribution >= 0.6 is 0 Å². The number of ether oxygens (including phenoxy) is 3. The number of carbonyl (C=O) groups excluding carboxylic acids is 1. The van der Waals surface area contributed by atoms with Crippen molar-refractivity contribution >= 4 is 22.5 Å². The lowest BCUT2D eigenvalue weighted by Gasteiger charge is -2.16. The second kappa shape index (κ2) is 12.5. The molecule has 208 valence electrons. The topological polar surface area (TPSA) is 69.7 Å². The first-order valence-electron chi connectivity index (χ1n) is 13.1. The molecule has 0 aliphatic rings. The lowest BCUT2D eigenvalue weighted by Crippen LogP contribution is -2.20. The maximum Gasteiger partial charge on any atom is 0.231 e. The van der Waals surface area contributed by atoms with Crippen molar-refractivity contribution in [2.24, 2.45) is 0 Å². The fraction of sp³-hybridized carbons (Fsp3) is 0.152. The van der Waals surface area contributed by atoms with E-state index in [9.17, 15) is 9.18 Å². The molecule has 0 bridgehead atoms. The number of hydrogen-bond acceptors (Lipinski definition) is 5. The Labute approximate surface area is 236 Å². The Morgan fingerprint density at radius 3 is 2.37 bits per heavy atom. The van der Waals surface area contributed by atoms with E-state index in [1.165, 1.54) is 24.3 Å². The number of anilines is 1. The number of pyridine rings is 1. The highest BCUT2D eigenvalue weighted by Crippen LogP contribution is 2.38. The van der Waals surface area contributed by atoms with Gasteiger partial charge >= 0.3 is 0 Å². The molecule has 5 aromatic rings. The van der Waals surface area contributed by atoms with Gasteiger partial charge in [0.1, 0.15) is 18.2 Å². The molecule has 0 saturated heterocycles. The van der Waals surface area contributed by atoms with Gasteiger partial charge in [-0.2, -0.15) is 0 Å². The molecule has 0 spiro atoms. The van der Waals surface area contributed by atoms with Crippen molar-refractivity contribution in [3.63, 3.8) is 0 Å². The maximum atomic E-state index is 15.1. The Balaban J connectivity index is 1.33. The van der Waals surface area contributed by atoms with E-state index >= 15 is 4.39 Å². The highest BCUT2D eigenvalue weighted by atomic mass is 19.1. The Kier molecular flexibility index (Phi) is 8.39. The molecule has 0 aliphatic heterocycles. The van der Waals surface area contributed by atoms with E-state index in [0.29, 0.717) is 46.7 Å². The van der Waals surface area contributed by atoms with Gasteiger partial charge < -0.3 is 19.5 Å². The average molecular weight is 555 g/mol. The normalized spacial score (nSPS) is 11.6. The summed E-state index contributed by atoms with van der Waals surface area (Å²) in [6.07, 6.45) is 2.07. The van der Waals surface area contributed by atoms with Gasteiger partial charge in [-0.15, -0.1) is 0 Å². The van der Waals surface area contributed by atoms with E-state index in [1.807, 2.05) is 37.3 Å². The summed E-state index contributed by atoms with van der Waals surface area (Å²) in [5, 5.41) is 3.35. The number of nitrogens with zero attached hydrogens (tertiary/aromatic N) is 1. The summed E-state index contributed by atoms with van der Waals surface area (Å²) in [5.41, 5.74) is 2.56. The molecule has 8 heteroatoms. The molecule has 4 aromatic carbocycles. The Bertz CT molecular complexity index is 1660. The zero-order valence-electron chi connectivity index (χ0n) is 22.6. The third kappa shape index (κ3) is 6.44. The number of benzene rings is 4. The standard InChI is InChI=1S/C33H28F2N2O4/c1-3-25(22-9-11-23(34)12-10-22)33(38)37-24-13-14-30(27(35)17-24)41-29-15-16-36-28-19-32(31(39-2)18-26(28)29)40-20-21-7-5-4-6-8-21/h4-19,25H,3,20H2,1-2H3,(H,37,38). The Morgan fingerprint density at radius 2 is 1.66 bits per heavy atom. The lowest BCUT2D eigenvalue weighted by molar-refractivity contribution is -0.117. The smallest absolute Gasteiger partial charge is 0.231 e. The first-order valence-corrected chi connectivity index (χ1v) is 13.1. The molecule has 0 radical (unpaired) electrons. The van der Waals surface area contributed by atoms with Gasteiger partial charge in [0.15, 0.2) is 23.1 Å². The predicted octanol–water partition coefficient (Wildman–Crippen LogP) is 8.03. The summed E-state index contributed by atoms with van der Waals surface area (Å²) in [6, 6.07) is 24.9. The molecular formula is C33H28F2N2O4. The Morgan fingerprint density at radius 1 is 0.878 bits per heavy atom. The second-order valence-electron chi connectivity index (χ2n) is 9.35. The van der Waals surface area contributed by atoms with Crippen LogP contribution in [-0.4, -0.2) is 18.0 Å². The van der Waals surface area contributed by atoms with Crippen molar-refractivity contribution in [1.82, 2.24) is 4.98 Å². The van der Waals surface area contributed by atoms with Crippen LogP contribution in [-0.2, 0) is 11.4 Å². The number of fused-ring (bicyclic) bond motifs is 1. The van der Waals surface area contributed by atoms with Crippen LogP contribution in [0, 0.1) is 11.6 Å². The first kappa shape index (κ1) is 27.6. The van der Waals surface area contributed by atoms with Crippen LogP contribution in [0.1, 0.15) is 30.4 Å². The second-order valence-corrected chi connectivity index (χ2v) is 9.35. The van der Waals surface area contributed by atoms with Gasteiger partial charge in [0.2, 0.25) is 5.91 Å². The average Bonchev–Trinajstić information content (AvgIpc) is 2.99. The molecule has 5 rings (SSSR count). The molecule has 41 heavy (non-hydrogen) atoms. The van der Waals surface area contributed by atoms with Crippen molar-refractivity contribution in [3.8, 4) is 23.0 Å². The third-order valence-electron chi connectivity index (χ3n) is 6.64. The van der Waals surface area contributed by atoms with Gasteiger partial charge in [0, 0.05) is 29.4 Å². The number of rotatable bonds is 10. The number of amides is 1. The van der Waals surface area contributed by atoms with Crippen LogP contribution in [0.3, 0.4) is 0 Å². The minimum atomic E-state index is -0.655. The number of aromatic nitrogens is 1. The number of nitrogens with one attached hydrogen (secondary N) is 1. The van der Waals surface area contributed by atoms with Gasteiger partial charge in [-0.05, 0) is 53.9 Å². The van der Waals surface area contributed by atoms with Gasteiger partial charge in [0.25, 0.3) is 0 Å². The van der Waals surface area contributed by atoms with Crippen LogP contribution in [0.5, 0.6) is 23.0 Å². The van der Waals surface area contributed by atoms with Gasteiger partial charge in [-0.25, -0.2) is 8.78 Å². The van der Waals surface area contributed by atoms with Crippen LogP contribution in [0.4, 0.5) is 14.5 Å². The zero-order chi connectivity index (χ0) is 28.8. The van der Waals surface area contributed by atoms with Crippen molar-refractivity contribution in [2.75, 3.05) is 12.4 Å². The summed E-state index contributed by atoms with van der Waals surface area (Å²) in [6.45, 7) is 2.22. The largest absolute Gasteiger partial charge is 0.493 e. The molecule has 0 aliphatic carbocycles. The summed E-state index contributed by atoms with van der Waals surface area (Å²) in [5.74, 6) is -0.497. The predicted molar refractivity (Wildman–Crippen MR) is 154 cm³/mol. The lowest BCUT2D eigenvalue weighted by atomic mass is 9.95. The van der Waals surface area contributed by atoms with Crippen molar-refractivity contribution < 1.29 is 27.8 Å². The molecule has 1 N–H and O–H groups in total. The van der Waals surface area contributed by atoms with E-state index in [0.717, 1.165) is 5.56 Å². The summed E-state index contributed by atoms with van der Waals surface area (Å²) >= 11 is 0. The molecule has 0 saturated carbocycles. The Hall–Kier alpha value is -4.98. The van der Waals surface area contributed by atoms with Crippen LogP contribution in [0.2, 0.25) is 0 Å². The quantitative estimate of drug-likeness (QED) is 0.189. The first-order chi connectivity index (χ1) is 19.9. The van der Waals surface area contributed by atoms with E-state index in [2.05, 4.69) is 10.3 Å². The minimum absolute atomic E-state index is 0.0237. The molecule has 1 unspecified atom stereocenters. The highest BCUT2D eigenvalue weighted by Gasteiger charge is 2.20. The van der Waals surface area contributed by atoms with E-state index in [-0.39, 0.29) is 23.2 Å². The maximum absolute atomic E-state index is 15.1. The number of halogens is 2. The number of methoxy groups -OCH3 is 1. The minimum Gasteiger partial charge on any atom is -0.493 e. The van der Waals surface area contributed by atoms with Gasteiger partial charge in [0.05, 0.1) is 18.5 Å². The molecule has 6 nitrogen and oxygen atoms in total. The van der Waals surface area contributed by atoms with E-state index in [1.54, 1.807) is 49.7 Å². The SMILES string of the molecule is CCC(C(=O)Nc1ccc(Oc2ccnc3cc(OCc4ccccc4)c(OC)cc23)c(F)c1)c1ccc(F)cc1. The monoisotopic (exact) mass is 554 g/mol. The molecule has 0 fully saturated rings. The van der Waals surface area contributed by atoms with Crippen LogP contribution < -0.4 is 19.5 Å². The summed E-state index contributed by atoms with van der Waals surface area (Å²) in [4.78, 5) is 17.3. The van der Waals surface area contributed by atoms with Gasteiger partial charge in [-0.3, -0.25) is 9.78 Å². The summed E-state index contributed by atoms with van der Waals surface area (Å²) < 4.78 is 45.9. The highest BCUT2D eigenvalue weighted by molar-refractivity contribution is 5.96. The van der Waals surface area contributed by atoms with Gasteiger partial charge in [-0.1, -0.05) is 49.4 Å². The van der Waals surface area contributed by atoms with Crippen LogP contribution in [0.25, 0.3) is 10.9 Å². The van der Waals surface area contributed by atoms with Crippen LogP contribution in [0.15, 0.2) is 97.2 Å². The molecule has 1 atom stereocenters.